The van der Waals surface area contributed by atoms with Gasteiger partial charge in [0.05, 0.1) is 30.8 Å². The fourth-order valence-electron chi connectivity index (χ4n) is 3.99. The summed E-state index contributed by atoms with van der Waals surface area (Å²) in [5.41, 5.74) is 5.05. The Kier molecular flexibility index (Phi) is 9.38. The van der Waals surface area contributed by atoms with Gasteiger partial charge in [-0.2, -0.15) is 0 Å². The molecule has 10 heteroatoms. The molecule has 1 saturated heterocycles. The van der Waals surface area contributed by atoms with E-state index in [9.17, 15) is 9.59 Å². The number of nitrogens with one attached hydrogen (secondary N) is 1. The van der Waals surface area contributed by atoms with Crippen molar-refractivity contribution in [1.29, 1.82) is 0 Å². The van der Waals surface area contributed by atoms with Crippen molar-refractivity contribution in [3.63, 3.8) is 0 Å². The number of anilines is 2. The van der Waals surface area contributed by atoms with E-state index in [2.05, 4.69) is 21.2 Å². The molecule has 0 spiro atoms. The van der Waals surface area contributed by atoms with E-state index < -0.39 is 0 Å². The number of hydrogen-bond donors (Lipinski definition) is 1. The number of thioether (sulfide) groups is 1. The quantitative estimate of drug-likeness (QED) is 0.198. The summed E-state index contributed by atoms with van der Waals surface area (Å²) in [5, 5.41) is 4.04. The SMILES string of the molecule is Cc1ccc(N=C2S/C(=C/c3ccc(OCC(=O)Nc4ccc(Cl)c(Cl)c4)c(Br)c3)C(=O)N2c2ccc(C)cc2)cc1. The zero-order chi connectivity index (χ0) is 29.8. The van der Waals surface area contributed by atoms with Gasteiger partial charge in [0.25, 0.3) is 11.8 Å². The molecule has 0 aliphatic carbocycles. The van der Waals surface area contributed by atoms with E-state index in [1.807, 2.05) is 80.6 Å². The number of amides is 2. The Morgan fingerprint density at radius 2 is 1.64 bits per heavy atom. The molecule has 1 aliphatic heterocycles. The lowest BCUT2D eigenvalue weighted by Gasteiger charge is -2.16. The number of nitrogens with zero attached hydrogens (tertiary/aromatic N) is 2. The number of halogens is 3. The van der Waals surface area contributed by atoms with E-state index in [1.54, 1.807) is 29.2 Å². The van der Waals surface area contributed by atoms with Crippen molar-refractivity contribution < 1.29 is 14.3 Å². The first-order valence-corrected chi connectivity index (χ1v) is 15.2. The molecule has 1 aliphatic rings. The van der Waals surface area contributed by atoms with Gasteiger partial charge in [-0.3, -0.25) is 14.5 Å². The first kappa shape index (κ1) is 29.9. The maximum absolute atomic E-state index is 13.6. The molecule has 0 bridgehead atoms. The lowest BCUT2D eigenvalue weighted by atomic mass is 10.2. The fourth-order valence-corrected chi connectivity index (χ4v) is 5.80. The molecule has 42 heavy (non-hydrogen) atoms. The summed E-state index contributed by atoms with van der Waals surface area (Å²) >= 11 is 16.8. The number of amidine groups is 1. The van der Waals surface area contributed by atoms with Crippen molar-refractivity contribution in [2.45, 2.75) is 13.8 Å². The Morgan fingerprint density at radius 3 is 2.31 bits per heavy atom. The standard InChI is InChI=1S/C32H24BrCl2N3O3S/c1-19-3-8-22(9-4-19)37-32-38(24-11-5-20(2)6-12-24)31(40)29(42-32)16-21-7-14-28(25(33)15-21)41-18-30(39)36-23-10-13-26(34)27(35)17-23/h3-17H,18H2,1-2H3,(H,36,39)/b29-16+,37-32?. The third kappa shape index (κ3) is 7.25. The molecular formula is C32H24BrCl2N3O3S. The van der Waals surface area contributed by atoms with E-state index in [-0.39, 0.29) is 18.4 Å². The average Bonchev–Trinajstić information content (AvgIpc) is 3.26. The van der Waals surface area contributed by atoms with E-state index in [0.717, 1.165) is 28.1 Å². The van der Waals surface area contributed by atoms with Crippen molar-refractivity contribution in [2.75, 3.05) is 16.8 Å². The molecule has 4 aromatic rings. The van der Waals surface area contributed by atoms with Gasteiger partial charge in [0.2, 0.25) is 0 Å². The van der Waals surface area contributed by atoms with Crippen LogP contribution in [0.15, 0.2) is 99.3 Å². The molecule has 1 N–H and O–H groups in total. The average molecular weight is 681 g/mol. The highest BCUT2D eigenvalue weighted by atomic mass is 79.9. The van der Waals surface area contributed by atoms with Crippen molar-refractivity contribution in [2.24, 2.45) is 4.99 Å². The highest BCUT2D eigenvalue weighted by Crippen LogP contribution is 2.38. The van der Waals surface area contributed by atoms with Crippen LogP contribution in [0.4, 0.5) is 17.1 Å². The van der Waals surface area contributed by atoms with Gasteiger partial charge in [-0.05, 0) is 108 Å². The molecule has 2 amide bonds. The van der Waals surface area contributed by atoms with Crippen LogP contribution in [0.25, 0.3) is 6.08 Å². The molecule has 212 valence electrons. The van der Waals surface area contributed by atoms with Crippen LogP contribution in [-0.4, -0.2) is 23.6 Å². The molecule has 0 radical (unpaired) electrons. The lowest BCUT2D eigenvalue weighted by molar-refractivity contribution is -0.118. The van der Waals surface area contributed by atoms with E-state index in [4.69, 9.17) is 32.9 Å². The first-order chi connectivity index (χ1) is 20.2. The Labute approximate surface area is 266 Å². The Bertz CT molecular complexity index is 1720. The number of ether oxygens (including phenoxy) is 1. The summed E-state index contributed by atoms with van der Waals surface area (Å²) in [6, 6.07) is 25.9. The molecule has 5 rings (SSSR count). The minimum Gasteiger partial charge on any atom is -0.483 e. The number of aryl methyl sites for hydroxylation is 2. The molecule has 0 aromatic heterocycles. The molecule has 0 saturated carbocycles. The predicted molar refractivity (Wildman–Crippen MR) is 177 cm³/mol. The minimum absolute atomic E-state index is 0.162. The van der Waals surface area contributed by atoms with Crippen LogP contribution in [0.1, 0.15) is 16.7 Å². The molecule has 1 fully saturated rings. The maximum Gasteiger partial charge on any atom is 0.271 e. The van der Waals surface area contributed by atoms with Gasteiger partial charge in [-0.1, -0.05) is 64.7 Å². The zero-order valence-corrected chi connectivity index (χ0v) is 26.4. The first-order valence-electron chi connectivity index (χ1n) is 12.8. The predicted octanol–water partition coefficient (Wildman–Crippen LogP) is 9.20. The smallest absolute Gasteiger partial charge is 0.271 e. The Balaban J connectivity index is 1.33. The van der Waals surface area contributed by atoms with E-state index >= 15 is 0 Å². The highest BCUT2D eigenvalue weighted by Gasteiger charge is 2.34. The highest BCUT2D eigenvalue weighted by molar-refractivity contribution is 9.10. The van der Waals surface area contributed by atoms with Gasteiger partial charge < -0.3 is 10.1 Å². The third-order valence-electron chi connectivity index (χ3n) is 6.17. The van der Waals surface area contributed by atoms with Gasteiger partial charge in [-0.15, -0.1) is 0 Å². The van der Waals surface area contributed by atoms with Gasteiger partial charge >= 0.3 is 0 Å². The number of carbonyl (C=O) groups excluding carboxylic acids is 2. The van der Waals surface area contributed by atoms with Crippen LogP contribution in [-0.2, 0) is 9.59 Å². The van der Waals surface area contributed by atoms with E-state index in [0.29, 0.717) is 36.0 Å². The molecular weight excluding hydrogens is 657 g/mol. The summed E-state index contributed by atoms with van der Waals surface area (Å²) in [6.07, 6.45) is 1.82. The second-order valence-corrected chi connectivity index (χ2v) is 12.2. The monoisotopic (exact) mass is 679 g/mol. The molecule has 6 nitrogen and oxygen atoms in total. The summed E-state index contributed by atoms with van der Waals surface area (Å²) in [6.45, 7) is 3.81. The zero-order valence-electron chi connectivity index (χ0n) is 22.5. The summed E-state index contributed by atoms with van der Waals surface area (Å²) in [7, 11) is 0. The van der Waals surface area contributed by atoms with Gasteiger partial charge in [0, 0.05) is 5.69 Å². The molecule has 1 heterocycles. The summed E-state index contributed by atoms with van der Waals surface area (Å²) in [4.78, 5) is 33.0. The van der Waals surface area contributed by atoms with Crippen LogP contribution in [0, 0.1) is 13.8 Å². The largest absolute Gasteiger partial charge is 0.483 e. The van der Waals surface area contributed by atoms with Gasteiger partial charge in [0.1, 0.15) is 5.75 Å². The minimum atomic E-state index is -0.351. The van der Waals surface area contributed by atoms with Crippen LogP contribution in [0.2, 0.25) is 10.0 Å². The Hall–Kier alpha value is -3.56. The second kappa shape index (κ2) is 13.2. The van der Waals surface area contributed by atoms with Crippen molar-refractivity contribution in [3.8, 4) is 5.75 Å². The third-order valence-corrected chi connectivity index (χ3v) is 8.50. The molecule has 4 aromatic carbocycles. The van der Waals surface area contributed by atoms with Gasteiger partial charge in [-0.25, -0.2) is 4.99 Å². The summed E-state index contributed by atoms with van der Waals surface area (Å²) in [5.74, 6) is -0.0316. The van der Waals surface area contributed by atoms with Crippen molar-refractivity contribution >= 4 is 91.0 Å². The van der Waals surface area contributed by atoms with Crippen LogP contribution < -0.4 is 15.0 Å². The number of hydrogen-bond acceptors (Lipinski definition) is 5. The topological polar surface area (TPSA) is 71.0 Å². The Morgan fingerprint density at radius 1 is 0.952 bits per heavy atom. The normalized spacial score (nSPS) is 15.0. The van der Waals surface area contributed by atoms with Crippen LogP contribution in [0.5, 0.6) is 5.75 Å². The fraction of sp³-hybridized carbons (Fsp3) is 0.0938. The number of aliphatic imine (C=N–C) groups is 1. The number of benzene rings is 4. The number of rotatable bonds is 7. The molecule has 0 unspecified atom stereocenters. The van der Waals surface area contributed by atoms with Crippen molar-refractivity contribution in [1.82, 2.24) is 0 Å². The maximum atomic E-state index is 13.6. The van der Waals surface area contributed by atoms with Crippen LogP contribution >= 0.6 is 50.9 Å². The number of carbonyl (C=O) groups is 2. The van der Waals surface area contributed by atoms with Gasteiger partial charge in [0.15, 0.2) is 11.8 Å². The van der Waals surface area contributed by atoms with Crippen LogP contribution in [0.3, 0.4) is 0 Å². The van der Waals surface area contributed by atoms with Crippen molar-refractivity contribution in [3.05, 3.63) is 121 Å². The van der Waals surface area contributed by atoms with E-state index in [1.165, 1.54) is 11.8 Å². The second-order valence-electron chi connectivity index (χ2n) is 9.47. The summed E-state index contributed by atoms with van der Waals surface area (Å²) < 4.78 is 6.35. The lowest BCUT2D eigenvalue weighted by Crippen LogP contribution is -2.28. The molecule has 0 atom stereocenters.